The van der Waals surface area contributed by atoms with Crippen LogP contribution in [-0.2, 0) is 4.79 Å². The molecule has 112 valence electrons. The van der Waals surface area contributed by atoms with E-state index in [1.807, 2.05) is 31.2 Å². The lowest BCUT2D eigenvalue weighted by Gasteiger charge is -2.16. The number of carbonyl (C=O) groups excluding carboxylic acids is 1. The Morgan fingerprint density at radius 3 is 2.60 bits per heavy atom. The molecule has 0 saturated carbocycles. The third kappa shape index (κ3) is 6.09. The summed E-state index contributed by atoms with van der Waals surface area (Å²) in [7, 11) is 0. The average molecular weight is 277 g/mol. The van der Waals surface area contributed by atoms with Crippen molar-refractivity contribution in [1.29, 1.82) is 0 Å². The average Bonchev–Trinajstić information content (AvgIpc) is 2.44. The minimum Gasteiger partial charge on any atom is -0.481 e. The van der Waals surface area contributed by atoms with E-state index in [4.69, 9.17) is 4.74 Å². The van der Waals surface area contributed by atoms with Crippen molar-refractivity contribution < 1.29 is 9.53 Å². The van der Waals surface area contributed by atoms with Crippen LogP contribution in [0, 0.1) is 6.92 Å². The molecule has 1 atom stereocenters. The zero-order valence-corrected chi connectivity index (χ0v) is 12.9. The lowest BCUT2D eigenvalue weighted by molar-refractivity contribution is -0.127. The smallest absolute Gasteiger partial charge is 0.260 e. The van der Waals surface area contributed by atoms with Crippen molar-refractivity contribution in [3.8, 4) is 5.75 Å². The number of nitrogens with one attached hydrogen (secondary N) is 1. The van der Waals surface area contributed by atoms with Gasteiger partial charge in [-0.05, 0) is 31.9 Å². The number of hydrogen-bond donors (Lipinski definition) is 1. The SMILES string of the molecule is CCCCCCCNC(=O)C(C)Oc1ccccc1C. The van der Waals surface area contributed by atoms with Crippen LogP contribution in [0.5, 0.6) is 5.75 Å². The Balaban J connectivity index is 2.24. The van der Waals surface area contributed by atoms with E-state index in [9.17, 15) is 4.79 Å². The molecule has 0 fully saturated rings. The predicted octanol–water partition coefficient (Wildman–Crippen LogP) is 3.85. The number of carbonyl (C=O) groups is 1. The molecule has 0 aromatic heterocycles. The van der Waals surface area contributed by atoms with Gasteiger partial charge in [0, 0.05) is 6.54 Å². The molecule has 1 amide bonds. The summed E-state index contributed by atoms with van der Waals surface area (Å²) in [4.78, 5) is 11.9. The van der Waals surface area contributed by atoms with Crippen LogP contribution >= 0.6 is 0 Å². The summed E-state index contributed by atoms with van der Waals surface area (Å²) in [6.07, 6.45) is 5.55. The second kappa shape index (κ2) is 9.40. The van der Waals surface area contributed by atoms with Crippen LogP contribution in [0.25, 0.3) is 0 Å². The Morgan fingerprint density at radius 2 is 1.90 bits per heavy atom. The van der Waals surface area contributed by atoms with Gasteiger partial charge in [-0.15, -0.1) is 0 Å². The molecule has 0 heterocycles. The molecule has 1 N–H and O–H groups in total. The molecule has 1 aromatic rings. The largest absolute Gasteiger partial charge is 0.481 e. The van der Waals surface area contributed by atoms with E-state index in [0.29, 0.717) is 0 Å². The molecule has 0 aliphatic heterocycles. The summed E-state index contributed by atoms with van der Waals surface area (Å²) in [6.45, 7) is 6.71. The Kier molecular flexibility index (Phi) is 7.78. The highest BCUT2D eigenvalue weighted by Crippen LogP contribution is 2.17. The number of para-hydroxylation sites is 1. The summed E-state index contributed by atoms with van der Waals surface area (Å²) < 4.78 is 5.69. The van der Waals surface area contributed by atoms with Crippen molar-refractivity contribution in [3.63, 3.8) is 0 Å². The molecule has 1 aromatic carbocycles. The van der Waals surface area contributed by atoms with Crippen LogP contribution in [0.4, 0.5) is 0 Å². The van der Waals surface area contributed by atoms with Crippen molar-refractivity contribution in [2.24, 2.45) is 0 Å². The van der Waals surface area contributed by atoms with Crippen LogP contribution < -0.4 is 10.1 Å². The van der Waals surface area contributed by atoms with Gasteiger partial charge in [-0.2, -0.15) is 0 Å². The van der Waals surface area contributed by atoms with E-state index >= 15 is 0 Å². The molecule has 20 heavy (non-hydrogen) atoms. The first-order chi connectivity index (χ1) is 9.65. The molecule has 0 bridgehead atoms. The Labute approximate surface area is 122 Å². The summed E-state index contributed by atoms with van der Waals surface area (Å²) in [5, 5.41) is 2.94. The van der Waals surface area contributed by atoms with Gasteiger partial charge in [0.25, 0.3) is 5.91 Å². The third-order valence-electron chi connectivity index (χ3n) is 3.35. The maximum atomic E-state index is 11.9. The third-order valence-corrected chi connectivity index (χ3v) is 3.35. The van der Waals surface area contributed by atoms with Gasteiger partial charge in [0.2, 0.25) is 0 Å². The summed E-state index contributed by atoms with van der Waals surface area (Å²) >= 11 is 0. The normalized spacial score (nSPS) is 11.9. The maximum Gasteiger partial charge on any atom is 0.260 e. The van der Waals surface area contributed by atoms with Crippen LogP contribution in [0.1, 0.15) is 51.5 Å². The Morgan fingerprint density at radius 1 is 1.20 bits per heavy atom. The standard InChI is InChI=1S/C17H27NO2/c1-4-5-6-7-10-13-18-17(19)15(3)20-16-12-9-8-11-14(16)2/h8-9,11-12,15H,4-7,10,13H2,1-3H3,(H,18,19). The van der Waals surface area contributed by atoms with Gasteiger partial charge in [-0.3, -0.25) is 4.79 Å². The van der Waals surface area contributed by atoms with Crippen molar-refractivity contribution in [2.75, 3.05) is 6.54 Å². The quantitative estimate of drug-likeness (QED) is 0.696. The van der Waals surface area contributed by atoms with Gasteiger partial charge in [0.05, 0.1) is 0 Å². The highest BCUT2D eigenvalue weighted by molar-refractivity contribution is 5.80. The minimum absolute atomic E-state index is 0.0382. The molecule has 3 heteroatoms. The maximum absolute atomic E-state index is 11.9. The topological polar surface area (TPSA) is 38.3 Å². The minimum atomic E-state index is -0.452. The number of unbranched alkanes of at least 4 members (excludes halogenated alkanes) is 4. The first-order valence-electron chi connectivity index (χ1n) is 7.65. The molecule has 1 unspecified atom stereocenters. The predicted molar refractivity (Wildman–Crippen MR) is 83.0 cm³/mol. The second-order valence-corrected chi connectivity index (χ2v) is 5.23. The van der Waals surface area contributed by atoms with E-state index in [0.717, 1.165) is 24.3 Å². The Hall–Kier alpha value is -1.51. The van der Waals surface area contributed by atoms with E-state index in [-0.39, 0.29) is 5.91 Å². The molecule has 3 nitrogen and oxygen atoms in total. The lowest BCUT2D eigenvalue weighted by Crippen LogP contribution is -2.36. The fourth-order valence-electron chi connectivity index (χ4n) is 2.02. The van der Waals surface area contributed by atoms with Gasteiger partial charge in [-0.1, -0.05) is 50.8 Å². The molecule has 0 aliphatic carbocycles. The fourth-order valence-corrected chi connectivity index (χ4v) is 2.02. The van der Waals surface area contributed by atoms with Gasteiger partial charge >= 0.3 is 0 Å². The molecule has 0 aliphatic rings. The van der Waals surface area contributed by atoms with Gasteiger partial charge in [0.15, 0.2) is 6.10 Å². The number of hydrogen-bond acceptors (Lipinski definition) is 2. The number of ether oxygens (including phenoxy) is 1. The monoisotopic (exact) mass is 277 g/mol. The van der Waals surface area contributed by atoms with Crippen molar-refractivity contribution in [1.82, 2.24) is 5.32 Å². The van der Waals surface area contributed by atoms with E-state index in [1.165, 1.54) is 25.7 Å². The summed E-state index contributed by atoms with van der Waals surface area (Å²) in [5.41, 5.74) is 1.05. The summed E-state index contributed by atoms with van der Waals surface area (Å²) in [6, 6.07) is 7.75. The lowest BCUT2D eigenvalue weighted by atomic mass is 10.1. The molecule has 0 radical (unpaired) electrons. The van der Waals surface area contributed by atoms with Crippen LogP contribution in [-0.4, -0.2) is 18.6 Å². The fraction of sp³-hybridized carbons (Fsp3) is 0.588. The molecular formula is C17H27NO2. The van der Waals surface area contributed by atoms with Gasteiger partial charge in [0.1, 0.15) is 5.75 Å². The van der Waals surface area contributed by atoms with Crippen LogP contribution in [0.2, 0.25) is 0 Å². The van der Waals surface area contributed by atoms with Crippen LogP contribution in [0.3, 0.4) is 0 Å². The second-order valence-electron chi connectivity index (χ2n) is 5.23. The zero-order valence-electron chi connectivity index (χ0n) is 12.9. The highest BCUT2D eigenvalue weighted by atomic mass is 16.5. The number of benzene rings is 1. The van der Waals surface area contributed by atoms with Crippen LogP contribution in [0.15, 0.2) is 24.3 Å². The number of rotatable bonds is 9. The summed E-state index contributed by atoms with van der Waals surface area (Å²) in [5.74, 6) is 0.738. The van der Waals surface area contributed by atoms with Crippen molar-refractivity contribution >= 4 is 5.91 Å². The highest BCUT2D eigenvalue weighted by Gasteiger charge is 2.14. The van der Waals surface area contributed by atoms with Gasteiger partial charge in [-0.25, -0.2) is 0 Å². The van der Waals surface area contributed by atoms with E-state index in [1.54, 1.807) is 6.92 Å². The number of aryl methyl sites for hydroxylation is 1. The Bertz CT molecular complexity index is 404. The molecule has 0 spiro atoms. The first kappa shape index (κ1) is 16.5. The van der Waals surface area contributed by atoms with Crippen molar-refractivity contribution in [3.05, 3.63) is 29.8 Å². The molecular weight excluding hydrogens is 250 g/mol. The molecule has 1 rings (SSSR count). The molecule has 0 saturated heterocycles. The van der Waals surface area contributed by atoms with Gasteiger partial charge < -0.3 is 10.1 Å². The number of amides is 1. The zero-order chi connectivity index (χ0) is 14.8. The first-order valence-corrected chi connectivity index (χ1v) is 7.65. The van der Waals surface area contributed by atoms with E-state index < -0.39 is 6.10 Å². The van der Waals surface area contributed by atoms with E-state index in [2.05, 4.69) is 12.2 Å². The van der Waals surface area contributed by atoms with Crippen molar-refractivity contribution in [2.45, 2.75) is 59.0 Å².